The van der Waals surface area contributed by atoms with Gasteiger partial charge in [0.2, 0.25) is 5.95 Å². The molecule has 1 fully saturated rings. The second-order valence-electron chi connectivity index (χ2n) is 6.02. The van der Waals surface area contributed by atoms with Crippen LogP contribution in [0, 0.1) is 0 Å². The molecule has 3 N–H and O–H groups in total. The number of thioether (sulfide) groups is 1. The predicted molar refractivity (Wildman–Crippen MR) is 90.5 cm³/mol. The van der Waals surface area contributed by atoms with Gasteiger partial charge in [-0.25, -0.2) is 9.98 Å². The lowest BCUT2D eigenvalue weighted by atomic mass is 10.1. The minimum atomic E-state index is -0.343. The minimum Gasteiger partial charge on any atom is -0.489 e. The van der Waals surface area contributed by atoms with Gasteiger partial charge in [0.15, 0.2) is 23.1 Å². The van der Waals surface area contributed by atoms with E-state index in [0.717, 1.165) is 52.8 Å². The summed E-state index contributed by atoms with van der Waals surface area (Å²) in [4.78, 5) is 9.43. The molecule has 0 unspecified atom stereocenters. The molecule has 1 atom stereocenters. The predicted octanol–water partition coefficient (Wildman–Crippen LogP) is 1.73. The monoisotopic (exact) mass is 331 g/mol. The van der Waals surface area contributed by atoms with Crippen molar-refractivity contribution in [3.8, 4) is 11.5 Å². The number of ether oxygens (including phenoxy) is 2. The van der Waals surface area contributed by atoms with Gasteiger partial charge in [-0.2, -0.15) is 11.8 Å². The number of nitrogens with two attached hydrogens (primary N) is 1. The Morgan fingerprint density at radius 3 is 2.87 bits per heavy atom. The highest BCUT2D eigenvalue weighted by Crippen LogP contribution is 2.44. The summed E-state index contributed by atoms with van der Waals surface area (Å²) in [6.45, 7) is 1.34. The maximum atomic E-state index is 6.00. The topological polar surface area (TPSA) is 86.7 Å². The molecule has 3 aliphatic rings. The lowest BCUT2D eigenvalue weighted by Crippen LogP contribution is -2.42. The van der Waals surface area contributed by atoms with Gasteiger partial charge in [-0.05, 0) is 5.75 Å². The van der Waals surface area contributed by atoms with Gasteiger partial charge < -0.3 is 15.2 Å². The molecule has 0 radical (unpaired) electrons. The van der Waals surface area contributed by atoms with Crippen LogP contribution in [0.15, 0.2) is 17.1 Å². The quantitative estimate of drug-likeness (QED) is 0.764. The van der Waals surface area contributed by atoms with Crippen molar-refractivity contribution in [2.45, 2.75) is 18.5 Å². The molecule has 0 bridgehead atoms. The van der Waals surface area contributed by atoms with E-state index in [1.807, 2.05) is 23.9 Å². The Bertz CT molecular complexity index is 825. The first-order chi connectivity index (χ1) is 11.3. The van der Waals surface area contributed by atoms with E-state index < -0.39 is 0 Å². The van der Waals surface area contributed by atoms with Gasteiger partial charge >= 0.3 is 0 Å². The Kier molecular flexibility index (Phi) is 2.73. The van der Waals surface area contributed by atoms with E-state index in [1.54, 1.807) is 0 Å². The van der Waals surface area contributed by atoms with Crippen molar-refractivity contribution < 1.29 is 9.47 Å². The van der Waals surface area contributed by atoms with Gasteiger partial charge in [0, 0.05) is 30.7 Å². The van der Waals surface area contributed by atoms with Crippen LogP contribution in [-0.4, -0.2) is 40.2 Å². The summed E-state index contributed by atoms with van der Waals surface area (Å²) in [5, 5.41) is 3.09. The van der Waals surface area contributed by atoms with Crippen molar-refractivity contribution in [2.24, 2.45) is 10.7 Å². The molecule has 23 heavy (non-hydrogen) atoms. The zero-order valence-electron chi connectivity index (χ0n) is 12.5. The molecule has 2 aromatic rings. The van der Waals surface area contributed by atoms with E-state index in [1.165, 1.54) is 0 Å². The second kappa shape index (κ2) is 4.70. The van der Waals surface area contributed by atoms with Gasteiger partial charge in [-0.3, -0.25) is 9.88 Å². The smallest absolute Gasteiger partial charge is 0.212 e. The largest absolute Gasteiger partial charge is 0.489 e. The van der Waals surface area contributed by atoms with Gasteiger partial charge in [-0.1, -0.05) is 0 Å². The highest BCUT2D eigenvalue weighted by Gasteiger charge is 2.42. The average Bonchev–Trinajstić information content (AvgIpc) is 3.03. The van der Waals surface area contributed by atoms with Crippen LogP contribution in [0.3, 0.4) is 0 Å². The molecule has 1 aromatic carbocycles. The fourth-order valence-electron chi connectivity index (χ4n) is 3.46. The van der Waals surface area contributed by atoms with Crippen LogP contribution in [0.5, 0.6) is 11.5 Å². The summed E-state index contributed by atoms with van der Waals surface area (Å²) in [6.07, 6.45) is 1.84. The number of fused-ring (bicyclic) bond motifs is 5. The first-order valence-electron chi connectivity index (χ1n) is 7.78. The highest BCUT2D eigenvalue weighted by molar-refractivity contribution is 7.99. The van der Waals surface area contributed by atoms with Crippen LogP contribution < -0.4 is 20.5 Å². The first kappa shape index (κ1) is 13.4. The fraction of sp³-hybridized carbons (Fsp3) is 0.467. The second-order valence-corrected chi connectivity index (χ2v) is 7.12. The number of aliphatic imine (C=N–C) groups is 1. The van der Waals surface area contributed by atoms with Crippen molar-refractivity contribution >= 4 is 34.7 Å². The first-order valence-corrected chi connectivity index (χ1v) is 8.93. The number of hydrogen-bond donors (Lipinski definition) is 2. The standard InChI is InChI=1S/C15H17N5O2S/c16-13-18-14-17-9-6-11-12(22-4-1-3-21-11)7-10(9)20(14)15(19-13)2-5-23-8-15/h6-7H,1-5,8H2,(H3,16,17,18,19)/t15-/m0/s1. The molecule has 3 aliphatic heterocycles. The third-order valence-electron chi connectivity index (χ3n) is 4.49. The van der Waals surface area contributed by atoms with Crippen LogP contribution in [0.1, 0.15) is 12.8 Å². The minimum absolute atomic E-state index is 0.343. The van der Waals surface area contributed by atoms with Gasteiger partial charge in [0.25, 0.3) is 0 Å². The van der Waals surface area contributed by atoms with Gasteiger partial charge in [0.1, 0.15) is 0 Å². The molecular weight excluding hydrogens is 314 g/mol. The Morgan fingerprint density at radius 2 is 2.09 bits per heavy atom. The summed E-state index contributed by atoms with van der Waals surface area (Å²) < 4.78 is 13.8. The van der Waals surface area contributed by atoms with E-state index in [-0.39, 0.29) is 5.66 Å². The number of hydrogen-bond acceptors (Lipinski definition) is 7. The average molecular weight is 331 g/mol. The lowest BCUT2D eigenvalue weighted by Gasteiger charge is -2.32. The lowest BCUT2D eigenvalue weighted by molar-refractivity contribution is 0.297. The van der Waals surface area contributed by atoms with E-state index in [0.29, 0.717) is 19.2 Å². The number of imidazole rings is 1. The number of rotatable bonds is 0. The SMILES string of the molecule is NC1=N[C@@]2(CCSC2)n2c(nc3cc4c(cc32)OCCCO4)N1. The number of aromatic nitrogens is 2. The van der Waals surface area contributed by atoms with Crippen molar-refractivity contribution in [3.63, 3.8) is 0 Å². The molecule has 120 valence electrons. The van der Waals surface area contributed by atoms with Crippen LogP contribution in [0.2, 0.25) is 0 Å². The third-order valence-corrected chi connectivity index (χ3v) is 5.65. The maximum Gasteiger partial charge on any atom is 0.212 e. The van der Waals surface area contributed by atoms with Crippen LogP contribution in [-0.2, 0) is 5.66 Å². The number of nitrogens with one attached hydrogen (secondary N) is 1. The Labute approximate surface area is 137 Å². The molecule has 7 nitrogen and oxygen atoms in total. The molecule has 0 aliphatic carbocycles. The molecule has 0 saturated carbocycles. The normalized spacial score (nSPS) is 25.8. The number of anilines is 1. The summed E-state index contributed by atoms with van der Waals surface area (Å²) in [7, 11) is 0. The number of benzene rings is 1. The maximum absolute atomic E-state index is 6.00. The number of nitrogens with zero attached hydrogens (tertiary/aromatic N) is 3. The molecule has 0 amide bonds. The molecule has 4 heterocycles. The number of guanidine groups is 1. The fourth-order valence-corrected chi connectivity index (χ4v) is 4.74. The van der Waals surface area contributed by atoms with E-state index >= 15 is 0 Å². The van der Waals surface area contributed by atoms with E-state index in [9.17, 15) is 0 Å². The van der Waals surface area contributed by atoms with Crippen LogP contribution in [0.25, 0.3) is 11.0 Å². The molecule has 1 aromatic heterocycles. The van der Waals surface area contributed by atoms with Crippen molar-refractivity contribution in [1.29, 1.82) is 0 Å². The summed E-state index contributed by atoms with van der Waals surface area (Å²) in [5.74, 6) is 4.69. The van der Waals surface area contributed by atoms with Crippen molar-refractivity contribution in [1.82, 2.24) is 9.55 Å². The highest BCUT2D eigenvalue weighted by atomic mass is 32.2. The van der Waals surface area contributed by atoms with E-state index in [4.69, 9.17) is 25.2 Å². The Balaban J connectivity index is 1.75. The molecule has 5 rings (SSSR count). The zero-order valence-corrected chi connectivity index (χ0v) is 13.4. The molecular formula is C15H17N5O2S. The zero-order chi connectivity index (χ0) is 15.4. The molecule has 8 heteroatoms. The third kappa shape index (κ3) is 1.90. The molecule has 1 spiro atoms. The van der Waals surface area contributed by atoms with Crippen LogP contribution in [0.4, 0.5) is 5.95 Å². The van der Waals surface area contributed by atoms with Gasteiger partial charge in [0.05, 0.1) is 24.2 Å². The Hall–Kier alpha value is -2.09. The van der Waals surface area contributed by atoms with E-state index in [2.05, 4.69) is 9.88 Å². The summed E-state index contributed by atoms with van der Waals surface area (Å²) >= 11 is 1.89. The van der Waals surface area contributed by atoms with Crippen molar-refractivity contribution in [2.75, 3.05) is 30.0 Å². The summed E-state index contributed by atoms with van der Waals surface area (Å²) in [5.41, 5.74) is 7.54. The Morgan fingerprint density at radius 1 is 1.26 bits per heavy atom. The molecule has 1 saturated heterocycles. The van der Waals surface area contributed by atoms with Gasteiger partial charge in [-0.15, -0.1) is 0 Å². The summed E-state index contributed by atoms with van der Waals surface area (Å²) in [6, 6.07) is 3.98. The van der Waals surface area contributed by atoms with Crippen LogP contribution >= 0.6 is 11.8 Å². The van der Waals surface area contributed by atoms with Crippen molar-refractivity contribution in [3.05, 3.63) is 12.1 Å².